The Hall–Kier alpha value is -4.06. The lowest BCUT2D eigenvalue weighted by molar-refractivity contribution is -0.151. The van der Waals surface area contributed by atoms with Gasteiger partial charge in [-0.25, -0.2) is 0 Å². The first-order valence-corrected chi connectivity index (χ1v) is 12.5. The Morgan fingerprint density at radius 1 is 1.13 bits per heavy atom. The van der Waals surface area contributed by atoms with Crippen LogP contribution in [0.25, 0.3) is 5.76 Å². The summed E-state index contributed by atoms with van der Waals surface area (Å²) >= 11 is 0. The first-order chi connectivity index (χ1) is 18.0. The highest BCUT2D eigenvalue weighted by Gasteiger charge is 2.60. The van der Waals surface area contributed by atoms with Gasteiger partial charge < -0.3 is 26.2 Å². The number of fused-ring (bicyclic) bond motifs is 3. The van der Waals surface area contributed by atoms with E-state index in [4.69, 9.17) is 5.73 Å². The fraction of sp³-hybridized carbons (Fsp3) is 0.333. The van der Waals surface area contributed by atoms with Crippen molar-refractivity contribution in [1.29, 1.82) is 0 Å². The molecule has 0 aromatic heterocycles. The Labute approximate surface area is 220 Å². The Balaban J connectivity index is 1.59. The highest BCUT2D eigenvalue weighted by Crippen LogP contribution is 2.53. The molecule has 4 unspecified atom stereocenters. The van der Waals surface area contributed by atoms with E-state index in [-0.39, 0.29) is 34.6 Å². The van der Waals surface area contributed by atoms with Crippen molar-refractivity contribution in [3.8, 4) is 17.6 Å². The van der Waals surface area contributed by atoms with Gasteiger partial charge in [-0.05, 0) is 56.1 Å². The van der Waals surface area contributed by atoms with Crippen molar-refractivity contribution < 1.29 is 30.0 Å². The molecule has 1 amide bonds. The minimum absolute atomic E-state index is 0.0173. The molecular weight excluding hydrogens is 484 g/mol. The monoisotopic (exact) mass is 514 g/mol. The summed E-state index contributed by atoms with van der Waals surface area (Å²) in [6.45, 7) is 0. The van der Waals surface area contributed by atoms with Crippen molar-refractivity contribution in [1.82, 2.24) is 4.90 Å². The Bertz CT molecular complexity index is 1460. The average molecular weight is 515 g/mol. The third-order valence-electron chi connectivity index (χ3n) is 8.06. The first-order valence-electron chi connectivity index (χ1n) is 12.5. The third kappa shape index (κ3) is 3.95. The molecular formula is C30H30N2O6. The number of primary amides is 1. The number of nitrogens with zero attached hydrogens (tertiary/aromatic N) is 1. The summed E-state index contributed by atoms with van der Waals surface area (Å²) in [7, 11) is 3.38. The zero-order chi connectivity index (χ0) is 27.4. The molecule has 196 valence electrons. The molecule has 1 fully saturated rings. The van der Waals surface area contributed by atoms with E-state index in [9.17, 15) is 30.0 Å². The van der Waals surface area contributed by atoms with Gasteiger partial charge in [-0.15, -0.1) is 0 Å². The fourth-order valence-electron chi connectivity index (χ4n) is 6.29. The second-order valence-electron chi connectivity index (χ2n) is 10.5. The van der Waals surface area contributed by atoms with Gasteiger partial charge in [-0.2, -0.15) is 0 Å². The van der Waals surface area contributed by atoms with E-state index in [2.05, 4.69) is 11.8 Å². The van der Waals surface area contributed by atoms with Crippen LogP contribution in [-0.2, 0) is 22.4 Å². The number of phenols is 1. The molecule has 38 heavy (non-hydrogen) atoms. The second kappa shape index (κ2) is 9.35. The van der Waals surface area contributed by atoms with Crippen molar-refractivity contribution in [3.05, 3.63) is 81.6 Å². The number of aliphatic hydroxyl groups is 3. The number of benzene rings is 2. The maximum atomic E-state index is 13.9. The SMILES string of the molecule is CN(C)C1C(O)=C(C(N)=O)CC2(O)C(=O)C3=C(O)c4c(O)ccc(C#CCc5ccccc5)c4CC3CC12. The standard InChI is InChI=1S/C30H30N2O6/c1-32(2)25-21-14-18-13-19-17(10-6-9-16-7-4-3-5-8-16)11-12-22(33)24(19)27(35)23(18)28(36)30(21,38)15-20(26(25)34)29(31)37/h3-5,7-8,11-12,18,21,25,33-35,38H,9,13-15H2,1-2H3,(H2,31,37). The van der Waals surface area contributed by atoms with Gasteiger partial charge in [0, 0.05) is 29.9 Å². The van der Waals surface area contributed by atoms with Crippen LogP contribution in [0.4, 0.5) is 0 Å². The van der Waals surface area contributed by atoms with Crippen molar-refractivity contribution in [2.45, 2.75) is 37.3 Å². The number of rotatable bonds is 3. The van der Waals surface area contributed by atoms with E-state index in [0.717, 1.165) is 5.56 Å². The normalized spacial score (nSPS) is 26.3. The predicted octanol–water partition coefficient (Wildman–Crippen LogP) is 2.38. The Morgan fingerprint density at radius 2 is 1.84 bits per heavy atom. The number of hydrogen-bond donors (Lipinski definition) is 5. The van der Waals surface area contributed by atoms with Crippen molar-refractivity contribution in [2.24, 2.45) is 17.6 Å². The number of Topliss-reactive ketones (excluding diaryl/α,β-unsaturated/α-hetero) is 1. The van der Waals surface area contributed by atoms with Crippen LogP contribution in [0.5, 0.6) is 5.75 Å². The molecule has 0 aliphatic heterocycles. The smallest absolute Gasteiger partial charge is 0.248 e. The number of nitrogens with two attached hydrogens (primary N) is 1. The molecule has 2 aromatic rings. The quantitative estimate of drug-likeness (QED) is 0.396. The zero-order valence-corrected chi connectivity index (χ0v) is 21.2. The first kappa shape index (κ1) is 25.6. The summed E-state index contributed by atoms with van der Waals surface area (Å²) in [6, 6.07) is 12.1. The summed E-state index contributed by atoms with van der Waals surface area (Å²) in [5, 5.41) is 44.6. The average Bonchev–Trinajstić information content (AvgIpc) is 2.86. The van der Waals surface area contributed by atoms with Crippen LogP contribution in [0.2, 0.25) is 0 Å². The summed E-state index contributed by atoms with van der Waals surface area (Å²) < 4.78 is 0. The minimum atomic E-state index is -2.05. The number of aromatic hydroxyl groups is 1. The molecule has 5 rings (SSSR count). The molecule has 2 aromatic carbocycles. The van der Waals surface area contributed by atoms with Gasteiger partial charge in [0.1, 0.15) is 22.9 Å². The van der Waals surface area contributed by atoms with Crippen LogP contribution < -0.4 is 5.73 Å². The number of aliphatic hydroxyl groups excluding tert-OH is 2. The van der Waals surface area contributed by atoms with E-state index in [0.29, 0.717) is 24.0 Å². The number of carbonyl (C=O) groups is 2. The van der Waals surface area contributed by atoms with Gasteiger partial charge in [-0.3, -0.25) is 14.5 Å². The van der Waals surface area contributed by atoms with Gasteiger partial charge in [0.25, 0.3) is 0 Å². The Kier molecular flexibility index (Phi) is 6.30. The van der Waals surface area contributed by atoms with Crippen LogP contribution >= 0.6 is 0 Å². The largest absolute Gasteiger partial charge is 0.510 e. The highest BCUT2D eigenvalue weighted by molar-refractivity contribution is 6.10. The molecule has 8 heteroatoms. The van der Waals surface area contributed by atoms with Crippen LogP contribution in [-0.4, -0.2) is 62.8 Å². The molecule has 0 spiro atoms. The molecule has 0 radical (unpaired) electrons. The third-order valence-corrected chi connectivity index (χ3v) is 8.06. The van der Waals surface area contributed by atoms with Crippen LogP contribution in [0.1, 0.15) is 35.1 Å². The maximum Gasteiger partial charge on any atom is 0.248 e. The summed E-state index contributed by atoms with van der Waals surface area (Å²) in [4.78, 5) is 27.6. The Morgan fingerprint density at radius 3 is 2.50 bits per heavy atom. The molecule has 0 saturated heterocycles. The van der Waals surface area contributed by atoms with Gasteiger partial charge in [0.15, 0.2) is 5.78 Å². The van der Waals surface area contributed by atoms with E-state index < -0.39 is 47.3 Å². The lowest BCUT2D eigenvalue weighted by atomic mass is 9.57. The molecule has 1 saturated carbocycles. The minimum Gasteiger partial charge on any atom is -0.510 e. The van der Waals surface area contributed by atoms with Crippen LogP contribution in [0.15, 0.2) is 59.4 Å². The molecule has 3 aliphatic carbocycles. The maximum absolute atomic E-state index is 13.9. The number of carbonyl (C=O) groups excluding carboxylic acids is 2. The predicted molar refractivity (Wildman–Crippen MR) is 141 cm³/mol. The highest BCUT2D eigenvalue weighted by atomic mass is 16.3. The number of phenolic OH excluding ortho intramolecular Hbond substituents is 1. The van der Waals surface area contributed by atoms with E-state index >= 15 is 0 Å². The lowest BCUT2D eigenvalue weighted by Gasteiger charge is -2.51. The topological polar surface area (TPSA) is 144 Å². The van der Waals surface area contributed by atoms with Gasteiger partial charge in [-0.1, -0.05) is 42.2 Å². The number of likely N-dealkylation sites (N-methyl/N-ethyl adjacent to an activating group) is 1. The molecule has 8 nitrogen and oxygen atoms in total. The zero-order valence-electron chi connectivity index (χ0n) is 21.2. The van der Waals surface area contributed by atoms with Crippen molar-refractivity contribution >= 4 is 17.4 Å². The van der Waals surface area contributed by atoms with Crippen molar-refractivity contribution in [2.75, 3.05) is 14.1 Å². The molecule has 6 N–H and O–H groups in total. The number of amides is 1. The molecule has 3 aliphatic rings. The van der Waals surface area contributed by atoms with Gasteiger partial charge in [0.2, 0.25) is 5.91 Å². The van der Waals surface area contributed by atoms with E-state index in [1.165, 1.54) is 6.07 Å². The summed E-state index contributed by atoms with van der Waals surface area (Å²) in [6.07, 6.45) is 0.644. The number of hydrogen-bond acceptors (Lipinski definition) is 7. The second-order valence-corrected chi connectivity index (χ2v) is 10.5. The van der Waals surface area contributed by atoms with Crippen molar-refractivity contribution in [3.63, 3.8) is 0 Å². The summed E-state index contributed by atoms with van der Waals surface area (Å²) in [5.74, 6) is 2.61. The van der Waals surface area contributed by atoms with E-state index in [1.807, 2.05) is 30.3 Å². The van der Waals surface area contributed by atoms with Gasteiger partial charge in [0.05, 0.1) is 17.2 Å². The number of ketones is 1. The van der Waals surface area contributed by atoms with Gasteiger partial charge >= 0.3 is 0 Å². The lowest BCUT2D eigenvalue weighted by Crippen LogP contribution is -2.62. The van der Waals surface area contributed by atoms with Crippen LogP contribution in [0.3, 0.4) is 0 Å². The van der Waals surface area contributed by atoms with E-state index in [1.54, 1.807) is 25.1 Å². The van der Waals surface area contributed by atoms with Crippen LogP contribution in [0, 0.1) is 23.7 Å². The summed E-state index contributed by atoms with van der Waals surface area (Å²) in [5.41, 5.74) is 5.70. The molecule has 0 bridgehead atoms. The molecule has 4 atom stereocenters. The molecule has 0 heterocycles. The fourth-order valence-corrected chi connectivity index (χ4v) is 6.29.